The molecule has 0 aliphatic heterocycles. The van der Waals surface area contributed by atoms with Crippen LogP contribution in [0.1, 0.15) is 47.8 Å². The zero-order chi connectivity index (χ0) is 10.5. The summed E-state index contributed by atoms with van der Waals surface area (Å²) in [6, 6.07) is 0. The minimum absolute atomic E-state index is 0.367. The fraction of sp³-hybridized carbons (Fsp3) is 0.700. The van der Waals surface area contributed by atoms with E-state index < -0.39 is 0 Å². The van der Waals surface area contributed by atoms with Crippen LogP contribution in [0.3, 0.4) is 0 Å². The van der Waals surface area contributed by atoms with Crippen LogP contribution in [0.15, 0.2) is 0 Å². The summed E-state index contributed by atoms with van der Waals surface area (Å²) in [6.45, 7) is 0. The molecule has 0 aromatic carbocycles. The molecule has 1 aromatic heterocycles. The van der Waals surface area contributed by atoms with Crippen LogP contribution in [-0.4, -0.2) is 28.5 Å². The Morgan fingerprint density at radius 1 is 1.53 bits per heavy atom. The lowest BCUT2D eigenvalue weighted by molar-refractivity contribution is 0.0592. The second-order valence-electron chi connectivity index (χ2n) is 4.52. The number of hydrogen-bond donors (Lipinski definition) is 1. The molecule has 1 atom stereocenters. The lowest BCUT2D eigenvalue weighted by Crippen LogP contribution is -2.15. The van der Waals surface area contributed by atoms with Crippen molar-refractivity contribution in [2.24, 2.45) is 5.41 Å². The number of H-pyrrole nitrogens is 1. The lowest BCUT2D eigenvalue weighted by Gasteiger charge is -2.26. The Labute approximate surface area is 87.2 Å². The van der Waals surface area contributed by atoms with E-state index in [2.05, 4.69) is 20.1 Å². The van der Waals surface area contributed by atoms with Crippen molar-refractivity contribution in [3.63, 3.8) is 0 Å². The van der Waals surface area contributed by atoms with E-state index in [9.17, 15) is 4.79 Å². The van der Waals surface area contributed by atoms with Gasteiger partial charge < -0.3 is 4.74 Å². The summed E-state index contributed by atoms with van der Waals surface area (Å²) in [7, 11) is 1.37. The molecule has 2 saturated carbocycles. The van der Waals surface area contributed by atoms with Crippen LogP contribution < -0.4 is 0 Å². The molecular weight excluding hydrogens is 194 g/mol. The molecule has 5 heteroatoms. The highest BCUT2D eigenvalue weighted by atomic mass is 16.5. The SMILES string of the molecule is COC(=O)c1n[nH]nc1C1CC12CCC2. The zero-order valence-electron chi connectivity index (χ0n) is 8.62. The Morgan fingerprint density at radius 3 is 2.87 bits per heavy atom. The van der Waals surface area contributed by atoms with E-state index in [0.29, 0.717) is 17.0 Å². The highest BCUT2D eigenvalue weighted by Crippen LogP contribution is 2.70. The van der Waals surface area contributed by atoms with Gasteiger partial charge >= 0.3 is 5.97 Å². The molecule has 2 aliphatic rings. The third-order valence-electron chi connectivity index (χ3n) is 3.82. The van der Waals surface area contributed by atoms with Crippen molar-refractivity contribution in [2.75, 3.05) is 7.11 Å². The van der Waals surface area contributed by atoms with Gasteiger partial charge in [-0.25, -0.2) is 4.79 Å². The van der Waals surface area contributed by atoms with Gasteiger partial charge in [0.1, 0.15) is 5.69 Å². The van der Waals surface area contributed by atoms with Crippen LogP contribution in [0.4, 0.5) is 0 Å². The van der Waals surface area contributed by atoms with Gasteiger partial charge in [0.25, 0.3) is 0 Å². The highest BCUT2D eigenvalue weighted by Gasteiger charge is 2.60. The molecule has 1 spiro atoms. The summed E-state index contributed by atoms with van der Waals surface area (Å²) >= 11 is 0. The average Bonchev–Trinajstić information content (AvgIpc) is 2.80. The van der Waals surface area contributed by atoms with Gasteiger partial charge in [0.15, 0.2) is 5.69 Å². The highest BCUT2D eigenvalue weighted by molar-refractivity contribution is 5.88. The van der Waals surface area contributed by atoms with E-state index in [1.807, 2.05) is 0 Å². The Hall–Kier alpha value is -1.39. The molecule has 1 heterocycles. The predicted octanol–water partition coefficient (Wildman–Crippen LogP) is 1.25. The maximum atomic E-state index is 11.4. The Morgan fingerprint density at radius 2 is 2.33 bits per heavy atom. The van der Waals surface area contributed by atoms with Gasteiger partial charge in [0, 0.05) is 5.92 Å². The van der Waals surface area contributed by atoms with Crippen LogP contribution in [0.5, 0.6) is 0 Å². The average molecular weight is 207 g/mol. The molecule has 0 bridgehead atoms. The fourth-order valence-corrected chi connectivity index (χ4v) is 2.65. The third-order valence-corrected chi connectivity index (χ3v) is 3.82. The van der Waals surface area contributed by atoms with Crippen molar-refractivity contribution in [2.45, 2.75) is 31.6 Å². The number of esters is 1. The predicted molar refractivity (Wildman–Crippen MR) is 51.4 cm³/mol. The van der Waals surface area contributed by atoms with E-state index in [1.165, 1.54) is 26.4 Å². The fourth-order valence-electron chi connectivity index (χ4n) is 2.65. The van der Waals surface area contributed by atoms with Crippen LogP contribution in [0, 0.1) is 5.41 Å². The number of aromatic nitrogens is 3. The number of hydrogen-bond acceptors (Lipinski definition) is 4. The first-order valence-corrected chi connectivity index (χ1v) is 5.26. The Bertz CT molecular complexity index is 409. The first kappa shape index (κ1) is 8.88. The van der Waals surface area contributed by atoms with Gasteiger partial charge in [-0.05, 0) is 24.7 Å². The molecule has 15 heavy (non-hydrogen) atoms. The summed E-state index contributed by atoms with van der Waals surface area (Å²) in [5.41, 5.74) is 1.63. The van der Waals surface area contributed by atoms with Crippen LogP contribution in [-0.2, 0) is 4.74 Å². The van der Waals surface area contributed by atoms with Gasteiger partial charge in [-0.2, -0.15) is 10.3 Å². The van der Waals surface area contributed by atoms with Crippen molar-refractivity contribution >= 4 is 5.97 Å². The molecule has 2 fully saturated rings. The molecule has 5 nitrogen and oxygen atoms in total. The van der Waals surface area contributed by atoms with Crippen LogP contribution in [0.2, 0.25) is 0 Å². The van der Waals surface area contributed by atoms with Gasteiger partial charge in [-0.15, -0.1) is 5.10 Å². The molecule has 0 amide bonds. The Balaban J connectivity index is 1.87. The lowest BCUT2D eigenvalue weighted by atomic mass is 9.79. The second-order valence-corrected chi connectivity index (χ2v) is 4.52. The first-order valence-electron chi connectivity index (χ1n) is 5.26. The summed E-state index contributed by atoms with van der Waals surface area (Å²) in [4.78, 5) is 11.4. The van der Waals surface area contributed by atoms with Crippen molar-refractivity contribution in [3.8, 4) is 0 Å². The van der Waals surface area contributed by atoms with Gasteiger partial charge in [-0.1, -0.05) is 6.42 Å². The molecule has 0 radical (unpaired) electrons. The summed E-state index contributed by atoms with van der Waals surface area (Å²) < 4.78 is 4.67. The Kier molecular flexibility index (Phi) is 1.66. The number of carbonyl (C=O) groups excluding carboxylic acids is 1. The largest absolute Gasteiger partial charge is 0.464 e. The van der Waals surface area contributed by atoms with E-state index in [1.54, 1.807) is 0 Å². The number of carbonyl (C=O) groups is 1. The topological polar surface area (TPSA) is 67.9 Å². The molecule has 2 aliphatic carbocycles. The number of rotatable bonds is 2. The van der Waals surface area contributed by atoms with Crippen molar-refractivity contribution < 1.29 is 9.53 Å². The molecule has 3 rings (SSSR count). The monoisotopic (exact) mass is 207 g/mol. The maximum absolute atomic E-state index is 11.4. The van der Waals surface area contributed by atoms with E-state index >= 15 is 0 Å². The maximum Gasteiger partial charge on any atom is 0.360 e. The zero-order valence-corrected chi connectivity index (χ0v) is 8.62. The van der Waals surface area contributed by atoms with E-state index in [0.717, 1.165) is 12.1 Å². The number of aromatic amines is 1. The number of nitrogens with one attached hydrogen (secondary N) is 1. The molecular formula is C10H13N3O2. The molecule has 1 unspecified atom stereocenters. The number of methoxy groups -OCH3 is 1. The van der Waals surface area contributed by atoms with Gasteiger partial charge in [-0.3, -0.25) is 0 Å². The quantitative estimate of drug-likeness (QED) is 0.741. The molecule has 1 aromatic rings. The smallest absolute Gasteiger partial charge is 0.360 e. The normalized spacial score (nSPS) is 26.1. The summed E-state index contributed by atoms with van der Waals surface area (Å²) in [5, 5.41) is 10.5. The molecule has 80 valence electrons. The summed E-state index contributed by atoms with van der Waals surface area (Å²) in [6.07, 6.45) is 5.00. The van der Waals surface area contributed by atoms with Crippen molar-refractivity contribution in [3.05, 3.63) is 11.4 Å². The minimum Gasteiger partial charge on any atom is -0.464 e. The van der Waals surface area contributed by atoms with Crippen LogP contribution in [0.25, 0.3) is 0 Å². The van der Waals surface area contributed by atoms with Crippen molar-refractivity contribution in [1.82, 2.24) is 15.4 Å². The van der Waals surface area contributed by atoms with E-state index in [-0.39, 0.29) is 5.97 Å². The number of ether oxygens (including phenoxy) is 1. The second kappa shape index (κ2) is 2.81. The van der Waals surface area contributed by atoms with Crippen molar-refractivity contribution in [1.29, 1.82) is 0 Å². The van der Waals surface area contributed by atoms with Gasteiger partial charge in [0.05, 0.1) is 7.11 Å². The van der Waals surface area contributed by atoms with E-state index in [4.69, 9.17) is 0 Å². The third kappa shape index (κ3) is 1.12. The summed E-state index contributed by atoms with van der Waals surface area (Å²) in [5.74, 6) is 0.0409. The number of nitrogens with zero attached hydrogens (tertiary/aromatic N) is 2. The minimum atomic E-state index is -0.389. The standard InChI is InChI=1S/C10H13N3O2/c1-15-9(14)8-7(11-13-12-8)6-5-10(6)3-2-4-10/h6H,2-5H2,1H3,(H,11,12,13). The van der Waals surface area contributed by atoms with Crippen LogP contribution >= 0.6 is 0 Å². The first-order chi connectivity index (χ1) is 7.27. The molecule has 1 N–H and O–H groups in total. The molecule has 0 saturated heterocycles. The van der Waals surface area contributed by atoms with Gasteiger partial charge in [0.2, 0.25) is 0 Å².